The maximum absolute atomic E-state index is 10.4. The van der Waals surface area contributed by atoms with Gasteiger partial charge in [-0.2, -0.15) is 0 Å². The summed E-state index contributed by atoms with van der Waals surface area (Å²) in [6.45, 7) is 2.28. The Kier molecular flexibility index (Phi) is 24.6. The highest BCUT2D eigenvalue weighted by molar-refractivity contribution is 5.75. The van der Waals surface area contributed by atoms with Crippen molar-refractivity contribution in [3.05, 3.63) is 0 Å². The lowest BCUT2D eigenvalue weighted by Gasteiger charge is -2.03. The van der Waals surface area contributed by atoms with Gasteiger partial charge < -0.3 is 5.11 Å². The van der Waals surface area contributed by atoms with Crippen LogP contribution in [-0.2, 0) is 4.79 Å². The third kappa shape index (κ3) is 24.6. The van der Waals surface area contributed by atoms with E-state index in [0.29, 0.717) is 6.42 Å². The Morgan fingerprint density at radius 2 is 0.826 bits per heavy atom. The second-order valence-corrected chi connectivity index (χ2v) is 6.80. The molecule has 0 unspecified atom stereocenters. The largest absolute Gasteiger partial charge is 0.481 e. The van der Waals surface area contributed by atoms with Crippen molar-refractivity contribution in [2.75, 3.05) is 0 Å². The third-order valence-electron chi connectivity index (χ3n) is 4.49. The lowest BCUT2D eigenvalue weighted by molar-refractivity contribution is -0.137. The smallest absolute Gasteiger partial charge is 0.316 e. The quantitative estimate of drug-likeness (QED) is 0.239. The van der Waals surface area contributed by atoms with E-state index in [1.54, 1.807) is 0 Å². The van der Waals surface area contributed by atoms with E-state index in [0.717, 1.165) is 12.8 Å². The lowest BCUT2D eigenvalue weighted by Crippen LogP contribution is -1.93. The fourth-order valence-corrected chi connectivity index (χ4v) is 3.00. The minimum Gasteiger partial charge on any atom is -0.481 e. The number of aliphatic carboxylic acids is 1. The second kappa shape index (κ2) is 22.2. The van der Waals surface area contributed by atoms with Crippen LogP contribution < -0.4 is 0 Å². The Bertz CT molecular complexity index is 232. The van der Waals surface area contributed by atoms with Crippen molar-refractivity contribution in [1.29, 1.82) is 0 Å². The van der Waals surface area contributed by atoms with Crippen LogP contribution in [-0.4, -0.2) is 34.1 Å². The molecule has 136 valence electrons. The van der Waals surface area contributed by atoms with Crippen LogP contribution in [0.3, 0.4) is 0 Å². The van der Waals surface area contributed by atoms with Crippen molar-refractivity contribution in [2.24, 2.45) is 0 Å². The molecule has 1 N–H and O–H groups in total. The van der Waals surface area contributed by atoms with Gasteiger partial charge in [0, 0.05) is 6.42 Å². The van der Waals surface area contributed by atoms with Gasteiger partial charge in [-0.25, -0.2) is 0 Å². The van der Waals surface area contributed by atoms with Gasteiger partial charge in [0.1, 0.15) is 0 Å². The minimum atomic E-state index is -0.652. The number of hydrogen-bond acceptors (Lipinski definition) is 1. The molecule has 0 spiro atoms. The van der Waals surface area contributed by atoms with Gasteiger partial charge in [0.15, 0.2) is 0 Å². The molecule has 0 fully saturated rings. The molecule has 0 aliphatic rings. The summed E-state index contributed by atoms with van der Waals surface area (Å²) < 4.78 is 0. The summed E-state index contributed by atoms with van der Waals surface area (Å²) in [6, 6.07) is 0. The molecule has 0 aliphatic heterocycles. The van der Waals surface area contributed by atoms with Gasteiger partial charge in [0.2, 0.25) is 0 Å². The molecular weight excluding hydrogens is 297 g/mol. The predicted molar refractivity (Wildman–Crippen MR) is 105 cm³/mol. The molecule has 0 rings (SSSR count). The Morgan fingerprint density at radius 1 is 0.565 bits per heavy atom. The van der Waals surface area contributed by atoms with Crippen molar-refractivity contribution >= 4 is 29.0 Å². The van der Waals surface area contributed by atoms with Crippen LogP contribution in [0.2, 0.25) is 0 Å². The van der Waals surface area contributed by atoms with Crippen molar-refractivity contribution in [3.8, 4) is 0 Å². The maximum Gasteiger partial charge on any atom is 0.316 e. The van der Waals surface area contributed by atoms with Gasteiger partial charge in [-0.05, 0) is 6.42 Å². The molecule has 0 atom stereocenters. The van der Waals surface area contributed by atoms with Crippen LogP contribution in [0.25, 0.3) is 0 Å². The zero-order chi connectivity index (χ0) is 16.3. The first-order chi connectivity index (χ1) is 10.8. The first-order valence-corrected chi connectivity index (χ1v) is 9.99. The Morgan fingerprint density at radius 3 is 1.09 bits per heavy atom. The average molecular weight is 339 g/mol. The third-order valence-corrected chi connectivity index (χ3v) is 4.49. The van der Waals surface area contributed by atoms with Gasteiger partial charge in [-0.1, -0.05) is 110 Å². The van der Waals surface area contributed by atoms with E-state index in [1.807, 2.05) is 0 Å². The van der Waals surface area contributed by atoms with Gasteiger partial charge in [-0.3, -0.25) is 4.79 Å². The Hall–Kier alpha value is 0.236. The monoisotopic (exact) mass is 338 g/mol. The normalized spacial score (nSPS) is 10.5. The number of unbranched alkanes of at least 4 members (excludes halogenated alkanes) is 16. The van der Waals surface area contributed by atoms with E-state index in [9.17, 15) is 4.79 Å². The van der Waals surface area contributed by atoms with Crippen LogP contribution in [0, 0.1) is 0 Å². The van der Waals surface area contributed by atoms with E-state index >= 15 is 0 Å². The molecule has 3 heteroatoms. The molecule has 2 nitrogen and oxygen atoms in total. The fourth-order valence-electron chi connectivity index (χ4n) is 3.00. The highest BCUT2D eigenvalue weighted by Crippen LogP contribution is 2.14. The molecule has 0 heterocycles. The number of hydrogen-bond donors (Lipinski definition) is 1. The Balaban J connectivity index is 0. The molecule has 0 aromatic rings. The first-order valence-electron chi connectivity index (χ1n) is 9.99. The summed E-state index contributed by atoms with van der Waals surface area (Å²) in [5.41, 5.74) is 0. The molecule has 23 heavy (non-hydrogen) atoms. The molecule has 0 aromatic heterocycles. The van der Waals surface area contributed by atoms with E-state index in [4.69, 9.17) is 5.11 Å². The summed E-state index contributed by atoms with van der Waals surface area (Å²) in [5, 5.41) is 8.54. The molecule has 0 bridgehead atoms. The minimum absolute atomic E-state index is 0. The predicted octanol–water partition coefficient (Wildman–Crippen LogP) is 6.20. The maximum atomic E-state index is 10.4. The van der Waals surface area contributed by atoms with E-state index in [-0.39, 0.29) is 23.1 Å². The van der Waals surface area contributed by atoms with Gasteiger partial charge in [0.05, 0.1) is 0 Å². The number of carboxylic acids is 1. The van der Waals surface area contributed by atoms with Crippen LogP contribution >= 0.6 is 0 Å². The van der Waals surface area contributed by atoms with Gasteiger partial charge in [0.25, 0.3) is 0 Å². The van der Waals surface area contributed by atoms with Crippen molar-refractivity contribution in [2.45, 2.75) is 122 Å². The van der Waals surface area contributed by atoms with Crippen LogP contribution in [0.15, 0.2) is 0 Å². The van der Waals surface area contributed by atoms with Crippen LogP contribution in [0.4, 0.5) is 0 Å². The standard InChI is InChI=1S/C20H40O2.Mg.2H/c1-2-3-4-5-6-7-8-9-10-11-12-13-14-15-16-17-18-19-20(21)22;;;/h2-19H2,1H3,(H,21,22);;;. The van der Waals surface area contributed by atoms with Gasteiger partial charge in [-0.15, -0.1) is 0 Å². The number of rotatable bonds is 18. The van der Waals surface area contributed by atoms with Crippen molar-refractivity contribution < 1.29 is 9.90 Å². The van der Waals surface area contributed by atoms with Crippen LogP contribution in [0.5, 0.6) is 0 Å². The molecule has 0 saturated carbocycles. The molecule has 0 radical (unpaired) electrons. The highest BCUT2D eigenvalue weighted by Gasteiger charge is 1.97. The van der Waals surface area contributed by atoms with Crippen LogP contribution in [0.1, 0.15) is 122 Å². The zero-order valence-corrected chi connectivity index (χ0v) is 15.1. The second-order valence-electron chi connectivity index (χ2n) is 6.80. The summed E-state index contributed by atoms with van der Waals surface area (Å²) in [4.78, 5) is 10.4. The lowest BCUT2D eigenvalue weighted by atomic mass is 10.0. The van der Waals surface area contributed by atoms with Gasteiger partial charge >= 0.3 is 29.0 Å². The Labute approximate surface area is 161 Å². The number of carbonyl (C=O) groups is 1. The topological polar surface area (TPSA) is 37.3 Å². The number of carboxylic acid groups (broad SMARTS) is 1. The average Bonchev–Trinajstić information content (AvgIpc) is 2.50. The van der Waals surface area contributed by atoms with Crippen molar-refractivity contribution in [3.63, 3.8) is 0 Å². The van der Waals surface area contributed by atoms with E-state index in [2.05, 4.69) is 6.92 Å². The first kappa shape index (κ1) is 25.5. The van der Waals surface area contributed by atoms with Crippen molar-refractivity contribution in [1.82, 2.24) is 0 Å². The molecular formula is C20H42MgO2. The summed E-state index contributed by atoms with van der Waals surface area (Å²) in [6.07, 6.45) is 23.1. The van der Waals surface area contributed by atoms with E-state index < -0.39 is 5.97 Å². The molecule has 0 amide bonds. The fraction of sp³-hybridized carbons (Fsp3) is 0.950. The molecule has 0 aliphatic carbocycles. The summed E-state index contributed by atoms with van der Waals surface area (Å²) in [7, 11) is 0. The summed E-state index contributed by atoms with van der Waals surface area (Å²) in [5.74, 6) is -0.652. The van der Waals surface area contributed by atoms with E-state index in [1.165, 1.54) is 96.3 Å². The summed E-state index contributed by atoms with van der Waals surface area (Å²) >= 11 is 0. The molecule has 0 aromatic carbocycles. The highest BCUT2D eigenvalue weighted by atomic mass is 24.3. The zero-order valence-electron chi connectivity index (χ0n) is 15.1. The molecule has 0 saturated heterocycles. The SMILES string of the molecule is CCCCCCCCCCCCCCCCCCCC(=O)O.[MgH2].